The van der Waals surface area contributed by atoms with Crippen LogP contribution in [0.3, 0.4) is 0 Å². The molecule has 1 N–H and O–H groups in total. The average molecular weight is 273 g/mol. The second-order valence-electron chi connectivity index (χ2n) is 5.44. The first kappa shape index (κ1) is 15.7. The van der Waals surface area contributed by atoms with Gasteiger partial charge in [0, 0.05) is 12.8 Å². The Kier molecular flexibility index (Phi) is 5.86. The van der Waals surface area contributed by atoms with Gasteiger partial charge in [-0.15, -0.1) is 0 Å². The fraction of sp³-hybridized carbons (Fsp3) is 0.857. The van der Waals surface area contributed by atoms with Crippen LogP contribution in [0.1, 0.15) is 46.0 Å². The lowest BCUT2D eigenvalue weighted by Gasteiger charge is -2.31. The predicted octanol–water partition coefficient (Wildman–Crippen LogP) is 2.54. The van der Waals surface area contributed by atoms with Crippen molar-refractivity contribution in [2.45, 2.75) is 50.7 Å². The highest BCUT2D eigenvalue weighted by atomic mass is 32.2. The second kappa shape index (κ2) is 6.71. The minimum atomic E-state index is -3.01. The lowest BCUT2D eigenvalue weighted by atomic mass is 9.94. The van der Waals surface area contributed by atoms with Crippen molar-refractivity contribution in [2.75, 3.05) is 19.3 Å². The van der Waals surface area contributed by atoms with Gasteiger partial charge in [-0.1, -0.05) is 26.0 Å². The Morgan fingerprint density at radius 2 is 1.94 bits per heavy atom. The van der Waals surface area contributed by atoms with E-state index < -0.39 is 14.6 Å². The highest BCUT2D eigenvalue weighted by molar-refractivity contribution is 7.92. The van der Waals surface area contributed by atoms with E-state index in [4.69, 9.17) is 0 Å². The Bertz CT molecular complexity index is 369. The van der Waals surface area contributed by atoms with Crippen LogP contribution in [0.4, 0.5) is 0 Å². The summed E-state index contributed by atoms with van der Waals surface area (Å²) < 4.78 is 23.3. The molecule has 0 amide bonds. The largest absolute Gasteiger partial charge is 0.315 e. The van der Waals surface area contributed by atoms with Gasteiger partial charge in [0.25, 0.3) is 0 Å². The van der Waals surface area contributed by atoms with Crippen LogP contribution < -0.4 is 5.32 Å². The molecule has 0 spiro atoms. The fourth-order valence-corrected chi connectivity index (χ4v) is 4.11. The van der Waals surface area contributed by atoms with Crippen LogP contribution in [-0.2, 0) is 9.84 Å². The average Bonchev–Trinajstić information content (AvgIpc) is 2.35. The van der Waals surface area contributed by atoms with E-state index in [0.29, 0.717) is 25.3 Å². The molecule has 3 nitrogen and oxygen atoms in total. The normalized spacial score (nSPS) is 21.2. The van der Waals surface area contributed by atoms with Crippen molar-refractivity contribution in [3.05, 3.63) is 12.2 Å². The number of sulfone groups is 1. The van der Waals surface area contributed by atoms with E-state index in [2.05, 4.69) is 17.5 Å². The van der Waals surface area contributed by atoms with Crippen LogP contribution in [0.15, 0.2) is 12.2 Å². The summed E-state index contributed by atoms with van der Waals surface area (Å²) in [6.07, 6.45) is 10.7. The van der Waals surface area contributed by atoms with Gasteiger partial charge in [0.05, 0.1) is 4.75 Å². The third-order valence-corrected chi connectivity index (χ3v) is 6.63. The summed E-state index contributed by atoms with van der Waals surface area (Å²) >= 11 is 0. The summed E-state index contributed by atoms with van der Waals surface area (Å²) in [6, 6.07) is 0. The maximum atomic E-state index is 11.9. The van der Waals surface area contributed by atoms with Crippen LogP contribution in [0.25, 0.3) is 0 Å². The Labute approximate surface area is 112 Å². The molecule has 0 aliphatic heterocycles. The van der Waals surface area contributed by atoms with E-state index in [1.165, 1.54) is 12.7 Å². The quantitative estimate of drug-likeness (QED) is 0.725. The van der Waals surface area contributed by atoms with Crippen LogP contribution in [0, 0.1) is 5.92 Å². The molecule has 1 unspecified atom stereocenters. The molecule has 0 saturated carbocycles. The summed E-state index contributed by atoms with van der Waals surface area (Å²) in [5, 5.41) is 3.39. The second-order valence-corrected chi connectivity index (χ2v) is 7.85. The Hall–Kier alpha value is -0.350. The molecular weight excluding hydrogens is 246 g/mol. The van der Waals surface area contributed by atoms with Gasteiger partial charge in [0.15, 0.2) is 9.84 Å². The van der Waals surface area contributed by atoms with E-state index in [-0.39, 0.29) is 0 Å². The van der Waals surface area contributed by atoms with Gasteiger partial charge in [0.1, 0.15) is 0 Å². The zero-order valence-corrected chi connectivity index (χ0v) is 12.7. The smallest absolute Gasteiger partial charge is 0.154 e. The van der Waals surface area contributed by atoms with E-state index in [0.717, 1.165) is 19.4 Å². The van der Waals surface area contributed by atoms with Crippen molar-refractivity contribution in [3.8, 4) is 0 Å². The fourth-order valence-electron chi connectivity index (χ4n) is 2.70. The van der Waals surface area contributed by atoms with Gasteiger partial charge in [0.2, 0.25) is 0 Å². The first-order chi connectivity index (χ1) is 8.45. The van der Waals surface area contributed by atoms with Crippen LogP contribution in [-0.4, -0.2) is 32.5 Å². The number of allylic oxidation sites excluding steroid dienone is 2. The molecule has 1 atom stereocenters. The van der Waals surface area contributed by atoms with E-state index >= 15 is 0 Å². The number of hydrogen-bond acceptors (Lipinski definition) is 3. The van der Waals surface area contributed by atoms with Crippen molar-refractivity contribution in [1.82, 2.24) is 5.32 Å². The molecule has 0 heterocycles. The highest BCUT2D eigenvalue weighted by Crippen LogP contribution is 2.25. The third-order valence-electron chi connectivity index (χ3n) is 4.33. The third kappa shape index (κ3) is 3.82. The predicted molar refractivity (Wildman–Crippen MR) is 77.5 cm³/mol. The molecule has 0 radical (unpaired) electrons. The molecule has 0 saturated heterocycles. The standard InChI is InChI=1S/C14H27NO2S/c1-4-14(5-2,18(3,16)17)12-15-11-13-9-7-6-8-10-13/h6-7,13,15H,4-5,8-12H2,1-3H3. The molecule has 106 valence electrons. The van der Waals surface area contributed by atoms with E-state index in [1.807, 2.05) is 13.8 Å². The minimum absolute atomic E-state index is 0.582. The van der Waals surface area contributed by atoms with Crippen LogP contribution in [0.5, 0.6) is 0 Å². The molecule has 0 bridgehead atoms. The maximum Gasteiger partial charge on any atom is 0.154 e. The van der Waals surface area contributed by atoms with Crippen LogP contribution >= 0.6 is 0 Å². The van der Waals surface area contributed by atoms with Gasteiger partial charge >= 0.3 is 0 Å². The molecule has 0 aromatic heterocycles. The molecule has 0 aromatic rings. The molecular formula is C14H27NO2S. The number of rotatable bonds is 7. The summed E-state index contributed by atoms with van der Waals surface area (Å²) in [5.74, 6) is 0.668. The van der Waals surface area contributed by atoms with Gasteiger partial charge in [-0.05, 0) is 44.6 Å². The topological polar surface area (TPSA) is 46.2 Å². The van der Waals surface area contributed by atoms with Gasteiger partial charge < -0.3 is 5.32 Å². The Balaban J connectivity index is 2.50. The molecule has 1 aliphatic carbocycles. The zero-order chi connectivity index (χ0) is 13.6. The lowest BCUT2D eigenvalue weighted by Crippen LogP contribution is -2.47. The summed E-state index contributed by atoms with van der Waals surface area (Å²) in [4.78, 5) is 0. The van der Waals surface area contributed by atoms with Gasteiger partial charge in [-0.3, -0.25) is 0 Å². The highest BCUT2D eigenvalue weighted by Gasteiger charge is 2.36. The SMILES string of the molecule is CCC(CC)(CNCC1CC=CCC1)S(C)(=O)=O. The Morgan fingerprint density at radius 1 is 1.28 bits per heavy atom. The van der Waals surface area contributed by atoms with Crippen molar-refractivity contribution in [1.29, 1.82) is 0 Å². The number of nitrogens with one attached hydrogen (secondary N) is 1. The van der Waals surface area contributed by atoms with Gasteiger partial charge in [-0.25, -0.2) is 8.42 Å². The van der Waals surface area contributed by atoms with Gasteiger partial charge in [-0.2, -0.15) is 0 Å². The molecule has 1 aliphatic rings. The monoisotopic (exact) mass is 273 g/mol. The van der Waals surface area contributed by atoms with Crippen molar-refractivity contribution >= 4 is 9.84 Å². The van der Waals surface area contributed by atoms with E-state index in [9.17, 15) is 8.42 Å². The van der Waals surface area contributed by atoms with Crippen molar-refractivity contribution in [3.63, 3.8) is 0 Å². The van der Waals surface area contributed by atoms with Crippen LogP contribution in [0.2, 0.25) is 0 Å². The van der Waals surface area contributed by atoms with Crippen molar-refractivity contribution in [2.24, 2.45) is 5.92 Å². The maximum absolute atomic E-state index is 11.9. The number of hydrogen-bond donors (Lipinski definition) is 1. The molecule has 1 rings (SSSR count). The summed E-state index contributed by atoms with van der Waals surface area (Å²) in [6.45, 7) is 5.45. The molecule has 4 heteroatoms. The lowest BCUT2D eigenvalue weighted by molar-refractivity contribution is 0.399. The minimum Gasteiger partial charge on any atom is -0.315 e. The molecule has 0 aromatic carbocycles. The first-order valence-corrected chi connectivity index (χ1v) is 8.89. The Morgan fingerprint density at radius 3 is 2.39 bits per heavy atom. The summed E-state index contributed by atoms with van der Waals surface area (Å²) in [7, 11) is -3.01. The summed E-state index contributed by atoms with van der Waals surface area (Å²) in [5.41, 5.74) is 0. The zero-order valence-electron chi connectivity index (χ0n) is 11.9. The van der Waals surface area contributed by atoms with Crippen molar-refractivity contribution < 1.29 is 8.42 Å². The van der Waals surface area contributed by atoms with E-state index in [1.54, 1.807) is 0 Å². The molecule has 18 heavy (non-hydrogen) atoms. The first-order valence-electron chi connectivity index (χ1n) is 7.00. The molecule has 0 fully saturated rings.